The molecule has 0 aliphatic carbocycles. The van der Waals surface area contributed by atoms with E-state index in [1.807, 2.05) is 23.9 Å². The van der Waals surface area contributed by atoms with Crippen molar-refractivity contribution in [2.24, 2.45) is 0 Å². The standard InChI is InChI=1S/C20H20FN5OS/c21-16-2-1-3-17(10-16)27-20-5-4-15(13-23-20)12-22-18-11-19(25-14-24-18)26-6-8-28-9-7-26/h1-5,10-11,13-14H,6-9,12H2,(H,22,24,25). The van der Waals surface area contributed by atoms with Gasteiger partial charge in [0.1, 0.15) is 29.5 Å². The average Bonchev–Trinajstić information content (AvgIpc) is 2.74. The van der Waals surface area contributed by atoms with Gasteiger partial charge in [-0.05, 0) is 17.7 Å². The van der Waals surface area contributed by atoms with Crippen molar-refractivity contribution in [3.8, 4) is 11.6 Å². The maximum absolute atomic E-state index is 13.2. The lowest BCUT2D eigenvalue weighted by molar-refractivity contribution is 0.458. The fourth-order valence-corrected chi connectivity index (χ4v) is 3.73. The van der Waals surface area contributed by atoms with Crippen LogP contribution in [0.4, 0.5) is 16.0 Å². The second-order valence-electron chi connectivity index (χ2n) is 6.28. The third kappa shape index (κ3) is 4.89. The van der Waals surface area contributed by atoms with Gasteiger partial charge in [0, 0.05) is 55.5 Å². The fraction of sp³-hybridized carbons (Fsp3) is 0.250. The van der Waals surface area contributed by atoms with Crippen LogP contribution in [-0.4, -0.2) is 39.5 Å². The van der Waals surface area contributed by atoms with E-state index < -0.39 is 0 Å². The summed E-state index contributed by atoms with van der Waals surface area (Å²) in [7, 11) is 0. The van der Waals surface area contributed by atoms with Gasteiger partial charge >= 0.3 is 0 Å². The van der Waals surface area contributed by atoms with Crippen molar-refractivity contribution in [2.75, 3.05) is 34.8 Å². The molecule has 0 atom stereocenters. The van der Waals surface area contributed by atoms with Crippen LogP contribution in [0.15, 0.2) is 55.0 Å². The molecule has 0 spiro atoms. The van der Waals surface area contributed by atoms with Crippen LogP contribution in [-0.2, 0) is 6.54 Å². The molecule has 1 aromatic carbocycles. The van der Waals surface area contributed by atoms with Gasteiger partial charge in [-0.2, -0.15) is 11.8 Å². The van der Waals surface area contributed by atoms with Gasteiger partial charge in [0.25, 0.3) is 0 Å². The van der Waals surface area contributed by atoms with E-state index in [-0.39, 0.29) is 5.82 Å². The van der Waals surface area contributed by atoms with Gasteiger partial charge in [0.05, 0.1) is 0 Å². The summed E-state index contributed by atoms with van der Waals surface area (Å²) in [6.07, 6.45) is 3.32. The summed E-state index contributed by atoms with van der Waals surface area (Å²) in [5.41, 5.74) is 0.987. The van der Waals surface area contributed by atoms with Gasteiger partial charge in [-0.15, -0.1) is 0 Å². The zero-order valence-corrected chi connectivity index (χ0v) is 16.0. The van der Waals surface area contributed by atoms with Crippen LogP contribution in [0.5, 0.6) is 11.6 Å². The predicted molar refractivity (Wildman–Crippen MR) is 110 cm³/mol. The minimum Gasteiger partial charge on any atom is -0.439 e. The smallest absolute Gasteiger partial charge is 0.219 e. The quantitative estimate of drug-likeness (QED) is 0.675. The Morgan fingerprint density at radius 2 is 1.96 bits per heavy atom. The molecule has 1 saturated heterocycles. The van der Waals surface area contributed by atoms with Gasteiger partial charge in [-0.3, -0.25) is 0 Å². The summed E-state index contributed by atoms with van der Waals surface area (Å²) in [5, 5.41) is 3.30. The molecule has 28 heavy (non-hydrogen) atoms. The lowest BCUT2D eigenvalue weighted by Gasteiger charge is -2.27. The van der Waals surface area contributed by atoms with Crippen molar-refractivity contribution in [1.82, 2.24) is 15.0 Å². The normalized spacial score (nSPS) is 14.0. The second kappa shape index (κ2) is 8.88. The number of hydrogen-bond donors (Lipinski definition) is 1. The Morgan fingerprint density at radius 1 is 1.07 bits per heavy atom. The number of aromatic nitrogens is 3. The van der Waals surface area contributed by atoms with Gasteiger partial charge in [-0.25, -0.2) is 19.3 Å². The summed E-state index contributed by atoms with van der Waals surface area (Å²) < 4.78 is 18.8. The van der Waals surface area contributed by atoms with Crippen LogP contribution in [0.3, 0.4) is 0 Å². The van der Waals surface area contributed by atoms with Crippen molar-refractivity contribution in [3.05, 3.63) is 66.4 Å². The van der Waals surface area contributed by atoms with Crippen molar-refractivity contribution in [1.29, 1.82) is 0 Å². The zero-order valence-electron chi connectivity index (χ0n) is 15.2. The molecule has 4 rings (SSSR count). The van der Waals surface area contributed by atoms with Gasteiger partial charge in [0.15, 0.2) is 0 Å². The molecule has 3 aromatic rings. The Balaban J connectivity index is 1.35. The highest BCUT2D eigenvalue weighted by molar-refractivity contribution is 7.99. The number of benzene rings is 1. The summed E-state index contributed by atoms with van der Waals surface area (Å²) in [5.74, 6) is 4.49. The molecule has 1 fully saturated rings. The third-order valence-electron chi connectivity index (χ3n) is 4.28. The van der Waals surface area contributed by atoms with E-state index in [1.165, 1.54) is 12.1 Å². The summed E-state index contributed by atoms with van der Waals surface area (Å²) in [6, 6.07) is 11.6. The molecule has 2 aromatic heterocycles. The number of rotatable bonds is 6. The number of hydrogen-bond acceptors (Lipinski definition) is 7. The Kier molecular flexibility index (Phi) is 5.86. The molecule has 0 bridgehead atoms. The number of pyridine rings is 1. The fourth-order valence-electron chi connectivity index (χ4n) is 2.83. The highest BCUT2D eigenvalue weighted by atomic mass is 32.2. The molecule has 0 amide bonds. The number of anilines is 2. The lowest BCUT2D eigenvalue weighted by atomic mass is 10.3. The third-order valence-corrected chi connectivity index (χ3v) is 5.22. The molecule has 0 radical (unpaired) electrons. The monoisotopic (exact) mass is 397 g/mol. The minimum atomic E-state index is -0.342. The van der Waals surface area contributed by atoms with Crippen LogP contribution in [0, 0.1) is 5.82 Å². The van der Waals surface area contributed by atoms with Crippen LogP contribution in [0.25, 0.3) is 0 Å². The molecule has 1 aliphatic heterocycles. The van der Waals surface area contributed by atoms with Crippen molar-refractivity contribution in [2.45, 2.75) is 6.54 Å². The van der Waals surface area contributed by atoms with Crippen molar-refractivity contribution in [3.63, 3.8) is 0 Å². The second-order valence-corrected chi connectivity index (χ2v) is 7.50. The molecule has 0 saturated carbocycles. The molecular weight excluding hydrogens is 377 g/mol. The molecule has 1 aliphatic rings. The summed E-state index contributed by atoms with van der Waals surface area (Å²) >= 11 is 1.97. The molecule has 1 N–H and O–H groups in total. The number of ether oxygens (including phenoxy) is 1. The first kappa shape index (κ1) is 18.5. The van der Waals surface area contributed by atoms with Crippen LogP contribution < -0.4 is 15.0 Å². The van der Waals surface area contributed by atoms with Crippen molar-refractivity contribution >= 4 is 23.4 Å². The van der Waals surface area contributed by atoms with E-state index in [1.54, 1.807) is 30.7 Å². The average molecular weight is 397 g/mol. The van der Waals surface area contributed by atoms with Gasteiger partial charge < -0.3 is 15.0 Å². The van der Waals surface area contributed by atoms with Crippen LogP contribution >= 0.6 is 11.8 Å². The van der Waals surface area contributed by atoms with E-state index in [9.17, 15) is 4.39 Å². The Bertz CT molecular complexity index is 918. The van der Waals surface area contributed by atoms with Crippen LogP contribution in [0.1, 0.15) is 5.56 Å². The highest BCUT2D eigenvalue weighted by Gasteiger charge is 2.13. The molecule has 144 valence electrons. The summed E-state index contributed by atoms with van der Waals surface area (Å²) in [4.78, 5) is 15.2. The first-order chi connectivity index (χ1) is 13.8. The number of nitrogens with zero attached hydrogens (tertiary/aromatic N) is 4. The molecular formula is C20H20FN5OS. The summed E-state index contributed by atoms with van der Waals surface area (Å²) in [6.45, 7) is 2.61. The first-order valence-electron chi connectivity index (χ1n) is 9.03. The lowest BCUT2D eigenvalue weighted by Crippen LogP contribution is -2.33. The molecule has 8 heteroatoms. The Morgan fingerprint density at radius 3 is 2.75 bits per heavy atom. The topological polar surface area (TPSA) is 63.2 Å². The van der Waals surface area contributed by atoms with E-state index in [0.29, 0.717) is 18.2 Å². The zero-order chi connectivity index (χ0) is 19.2. The largest absolute Gasteiger partial charge is 0.439 e. The Hall–Kier alpha value is -2.87. The van der Waals surface area contributed by atoms with Gasteiger partial charge in [-0.1, -0.05) is 12.1 Å². The molecule has 3 heterocycles. The number of halogens is 1. The SMILES string of the molecule is Fc1cccc(Oc2ccc(CNc3cc(N4CCSCC4)ncn3)cn2)c1. The number of thioether (sulfide) groups is 1. The first-order valence-corrected chi connectivity index (χ1v) is 10.2. The maximum atomic E-state index is 13.2. The van der Waals surface area contributed by atoms with E-state index in [0.717, 1.165) is 41.8 Å². The van der Waals surface area contributed by atoms with Crippen molar-refractivity contribution < 1.29 is 9.13 Å². The van der Waals surface area contributed by atoms with E-state index in [4.69, 9.17) is 4.74 Å². The Labute approximate surface area is 167 Å². The van der Waals surface area contributed by atoms with Crippen LogP contribution in [0.2, 0.25) is 0 Å². The van der Waals surface area contributed by atoms with E-state index >= 15 is 0 Å². The minimum absolute atomic E-state index is 0.342. The maximum Gasteiger partial charge on any atom is 0.219 e. The van der Waals surface area contributed by atoms with E-state index in [2.05, 4.69) is 25.2 Å². The number of nitrogens with one attached hydrogen (secondary N) is 1. The molecule has 0 unspecified atom stereocenters. The van der Waals surface area contributed by atoms with Gasteiger partial charge in [0.2, 0.25) is 5.88 Å². The molecule has 6 nitrogen and oxygen atoms in total. The predicted octanol–water partition coefficient (Wildman–Crippen LogP) is 3.97. The highest BCUT2D eigenvalue weighted by Crippen LogP contribution is 2.21.